The zero-order chi connectivity index (χ0) is 16.1. The summed E-state index contributed by atoms with van der Waals surface area (Å²) in [5, 5.41) is 3.79. The van der Waals surface area contributed by atoms with Crippen LogP contribution in [-0.2, 0) is 6.42 Å². The van der Waals surface area contributed by atoms with Gasteiger partial charge in [0.05, 0.1) is 28.9 Å². The van der Waals surface area contributed by atoms with Crippen molar-refractivity contribution in [2.45, 2.75) is 25.4 Å². The number of hydrogen-bond acceptors (Lipinski definition) is 5. The molecule has 23 heavy (non-hydrogen) atoms. The molecular weight excluding hydrogens is 312 g/mol. The fourth-order valence-corrected chi connectivity index (χ4v) is 4.39. The summed E-state index contributed by atoms with van der Waals surface area (Å²) in [6, 6.07) is 4.18. The number of aromatic nitrogens is 1. The van der Waals surface area contributed by atoms with Gasteiger partial charge in [0.15, 0.2) is 5.13 Å². The van der Waals surface area contributed by atoms with Crippen LogP contribution in [0.5, 0.6) is 5.75 Å². The monoisotopic (exact) mass is 332 g/mol. The van der Waals surface area contributed by atoms with Gasteiger partial charge in [0, 0.05) is 18.5 Å². The van der Waals surface area contributed by atoms with E-state index < -0.39 is 0 Å². The summed E-state index contributed by atoms with van der Waals surface area (Å²) in [5.41, 5.74) is 2.15. The van der Waals surface area contributed by atoms with Gasteiger partial charge in [-0.25, -0.2) is 9.78 Å². The van der Waals surface area contributed by atoms with E-state index >= 15 is 0 Å². The molecule has 0 saturated carbocycles. The van der Waals surface area contributed by atoms with Crippen LogP contribution in [0.4, 0.5) is 9.93 Å². The largest absolute Gasteiger partial charge is 0.493 e. The first-order chi connectivity index (χ1) is 11.0. The molecule has 0 spiro atoms. The molecule has 1 saturated heterocycles. The lowest BCUT2D eigenvalue weighted by Gasteiger charge is -2.25. The molecule has 1 fully saturated rings. The first kappa shape index (κ1) is 14.7. The van der Waals surface area contributed by atoms with Gasteiger partial charge in [-0.15, -0.1) is 0 Å². The van der Waals surface area contributed by atoms with Crippen molar-refractivity contribution < 1.29 is 9.53 Å². The van der Waals surface area contributed by atoms with Crippen LogP contribution in [0.3, 0.4) is 0 Å². The van der Waals surface area contributed by atoms with Crippen LogP contribution in [0.25, 0.3) is 10.2 Å². The van der Waals surface area contributed by atoms with E-state index in [1.807, 2.05) is 38.1 Å². The van der Waals surface area contributed by atoms with Gasteiger partial charge in [0.1, 0.15) is 5.75 Å². The lowest BCUT2D eigenvalue weighted by atomic mass is 10.1. The number of hydrogen-bond donors (Lipinski definition) is 1. The third-order valence-corrected chi connectivity index (χ3v) is 5.48. The number of benzene rings is 1. The van der Waals surface area contributed by atoms with Crippen molar-refractivity contribution in [3.8, 4) is 5.75 Å². The molecule has 2 aromatic rings. The number of ether oxygens (including phenoxy) is 1. The summed E-state index contributed by atoms with van der Waals surface area (Å²) in [6.45, 7) is 3.56. The van der Waals surface area contributed by atoms with Gasteiger partial charge >= 0.3 is 6.03 Å². The second-order valence-corrected chi connectivity index (χ2v) is 7.43. The zero-order valence-electron chi connectivity index (χ0n) is 13.5. The maximum absolute atomic E-state index is 12.4. The number of thiazole rings is 1. The second kappa shape index (κ2) is 5.35. The van der Waals surface area contributed by atoms with Crippen molar-refractivity contribution in [2.75, 3.05) is 32.1 Å². The Bertz CT molecular complexity index is 773. The number of urea groups is 1. The molecule has 3 heterocycles. The maximum Gasteiger partial charge on any atom is 0.324 e. The summed E-state index contributed by atoms with van der Waals surface area (Å²) >= 11 is 1.58. The van der Waals surface area contributed by atoms with Crippen LogP contribution >= 0.6 is 11.3 Å². The van der Waals surface area contributed by atoms with E-state index in [0.717, 1.165) is 34.1 Å². The Morgan fingerprint density at radius 3 is 3.09 bits per heavy atom. The molecule has 2 aliphatic heterocycles. The van der Waals surface area contributed by atoms with Gasteiger partial charge < -0.3 is 15.0 Å². The minimum absolute atomic E-state index is 0.0590. The Labute approximate surface area is 139 Å². The van der Waals surface area contributed by atoms with Crippen LogP contribution in [0.2, 0.25) is 0 Å². The van der Waals surface area contributed by atoms with E-state index in [1.165, 1.54) is 5.56 Å². The van der Waals surface area contributed by atoms with E-state index in [2.05, 4.69) is 10.2 Å². The van der Waals surface area contributed by atoms with Crippen molar-refractivity contribution in [1.82, 2.24) is 15.2 Å². The highest BCUT2D eigenvalue weighted by molar-refractivity contribution is 7.22. The molecule has 2 aliphatic rings. The molecule has 1 unspecified atom stereocenters. The highest BCUT2D eigenvalue weighted by atomic mass is 32.1. The van der Waals surface area contributed by atoms with Crippen molar-refractivity contribution in [2.24, 2.45) is 0 Å². The number of fused-ring (bicyclic) bond motifs is 3. The first-order valence-electron chi connectivity index (χ1n) is 7.84. The summed E-state index contributed by atoms with van der Waals surface area (Å²) < 4.78 is 6.73. The van der Waals surface area contributed by atoms with Crippen LogP contribution in [0.1, 0.15) is 12.5 Å². The molecule has 1 aromatic carbocycles. The highest BCUT2D eigenvalue weighted by Gasteiger charge is 2.39. The average molecular weight is 332 g/mol. The molecule has 4 rings (SSSR count). The standard InChI is InChI=1S/C16H20N4O2S/c1-9-11(8-19(2)3)20(15(21)17-9)16-18-14-10-6-7-22-12(10)4-5-13(14)23-16/h4-5,9,11H,6-8H2,1-3H3,(H,17,21)/t9-,11?/m1/s1. The highest BCUT2D eigenvalue weighted by Crippen LogP contribution is 2.38. The van der Waals surface area contributed by atoms with Crippen LogP contribution < -0.4 is 15.0 Å². The van der Waals surface area contributed by atoms with E-state index in [1.54, 1.807) is 11.3 Å². The number of anilines is 1. The number of nitrogens with one attached hydrogen (secondary N) is 1. The van der Waals surface area contributed by atoms with Crippen molar-refractivity contribution in [3.63, 3.8) is 0 Å². The average Bonchev–Trinajstić information content (AvgIpc) is 3.15. The number of amides is 2. The third-order valence-electron chi connectivity index (χ3n) is 4.46. The fraction of sp³-hybridized carbons (Fsp3) is 0.500. The quantitative estimate of drug-likeness (QED) is 0.935. The smallest absolute Gasteiger partial charge is 0.324 e. The van der Waals surface area contributed by atoms with Gasteiger partial charge in [0.2, 0.25) is 0 Å². The van der Waals surface area contributed by atoms with E-state index in [9.17, 15) is 4.79 Å². The summed E-state index contributed by atoms with van der Waals surface area (Å²) in [6.07, 6.45) is 0.888. The number of carbonyl (C=O) groups is 1. The van der Waals surface area contributed by atoms with E-state index in [-0.39, 0.29) is 18.1 Å². The fourth-order valence-electron chi connectivity index (χ4n) is 3.34. The lowest BCUT2D eigenvalue weighted by molar-refractivity contribution is 0.251. The predicted octanol–water partition coefficient (Wildman–Crippen LogP) is 2.08. The molecule has 6 nitrogen and oxygen atoms in total. The van der Waals surface area contributed by atoms with Crippen LogP contribution in [0.15, 0.2) is 12.1 Å². The van der Waals surface area contributed by atoms with Crippen LogP contribution in [-0.4, -0.2) is 55.2 Å². The summed E-state index contributed by atoms with van der Waals surface area (Å²) in [5.74, 6) is 0.929. The Morgan fingerprint density at radius 2 is 2.30 bits per heavy atom. The second-order valence-electron chi connectivity index (χ2n) is 6.42. The Kier molecular flexibility index (Phi) is 3.42. The molecule has 0 bridgehead atoms. The van der Waals surface area contributed by atoms with Gasteiger partial charge in [-0.2, -0.15) is 0 Å². The molecule has 0 radical (unpaired) electrons. The van der Waals surface area contributed by atoms with Gasteiger partial charge in [-0.1, -0.05) is 11.3 Å². The van der Waals surface area contributed by atoms with Gasteiger partial charge in [0.25, 0.3) is 0 Å². The molecule has 1 N–H and O–H groups in total. The maximum atomic E-state index is 12.4. The first-order valence-corrected chi connectivity index (χ1v) is 8.66. The minimum atomic E-state index is -0.0590. The SMILES string of the molecule is C[C@H]1NC(=O)N(c2nc3c4c(ccc3s2)OCC4)C1CN(C)C. The summed E-state index contributed by atoms with van der Waals surface area (Å²) in [4.78, 5) is 21.1. The zero-order valence-corrected chi connectivity index (χ0v) is 14.3. The molecule has 2 amide bonds. The number of carbonyl (C=O) groups excluding carboxylic acids is 1. The molecule has 7 heteroatoms. The van der Waals surface area contributed by atoms with E-state index in [0.29, 0.717) is 6.61 Å². The molecule has 1 aromatic heterocycles. The van der Waals surface area contributed by atoms with Gasteiger partial charge in [-0.05, 0) is 33.2 Å². The third kappa shape index (κ3) is 2.35. The normalized spacial score (nSPS) is 23.5. The lowest BCUT2D eigenvalue weighted by Crippen LogP contribution is -2.43. The van der Waals surface area contributed by atoms with Crippen molar-refractivity contribution in [3.05, 3.63) is 17.7 Å². The topological polar surface area (TPSA) is 57.7 Å². The minimum Gasteiger partial charge on any atom is -0.493 e. The van der Waals surface area contributed by atoms with Crippen LogP contribution in [0, 0.1) is 0 Å². The molecule has 0 aliphatic carbocycles. The molecule has 122 valence electrons. The van der Waals surface area contributed by atoms with Crippen molar-refractivity contribution >= 4 is 32.7 Å². The van der Waals surface area contributed by atoms with E-state index in [4.69, 9.17) is 9.72 Å². The Balaban J connectivity index is 1.77. The van der Waals surface area contributed by atoms with Crippen molar-refractivity contribution in [1.29, 1.82) is 0 Å². The number of nitrogens with zero attached hydrogens (tertiary/aromatic N) is 3. The molecule has 2 atom stereocenters. The summed E-state index contributed by atoms with van der Waals surface area (Å²) in [7, 11) is 4.05. The number of likely N-dealkylation sites (N-methyl/N-ethyl adjacent to an activating group) is 1. The Morgan fingerprint density at radius 1 is 1.48 bits per heavy atom. The molecular formula is C16H20N4O2S. The van der Waals surface area contributed by atoms with Gasteiger partial charge in [-0.3, -0.25) is 4.90 Å². The predicted molar refractivity (Wildman–Crippen MR) is 91.6 cm³/mol. The number of rotatable bonds is 3. The Hall–Kier alpha value is -1.86.